The monoisotopic (exact) mass is 552 g/mol. The standard InChI is InChI=1S/C28H25FN2O7S/c1-6-11-38-27(35)25-15(3)30-28(39-25)31-22(16-9-10-19(36-4)20(13-16)37-5)21(24(33)26(31)34)23(32)17-8-7-14(2)18(29)12-17/h6-10,12-13,22,32H,1,11H2,2-5H3. The fourth-order valence-corrected chi connectivity index (χ4v) is 5.13. The molecule has 3 aromatic rings. The zero-order valence-corrected chi connectivity index (χ0v) is 22.4. The van der Waals surface area contributed by atoms with Crippen LogP contribution in [0.25, 0.3) is 5.76 Å². The molecule has 0 aliphatic carbocycles. The van der Waals surface area contributed by atoms with Gasteiger partial charge in [0.15, 0.2) is 16.6 Å². The maximum absolute atomic E-state index is 14.4. The van der Waals surface area contributed by atoms with Gasteiger partial charge in [-0.2, -0.15) is 0 Å². The third-order valence-corrected chi connectivity index (χ3v) is 7.26. The third kappa shape index (κ3) is 5.00. The van der Waals surface area contributed by atoms with Crippen molar-refractivity contribution in [1.29, 1.82) is 0 Å². The second-order valence-electron chi connectivity index (χ2n) is 8.55. The minimum atomic E-state index is -1.18. The number of benzene rings is 2. The lowest BCUT2D eigenvalue weighted by molar-refractivity contribution is -0.132. The number of carbonyl (C=O) groups is 3. The number of carbonyl (C=O) groups excluding carboxylic acids is 3. The highest BCUT2D eigenvalue weighted by Gasteiger charge is 2.48. The third-order valence-electron chi connectivity index (χ3n) is 6.12. The lowest BCUT2D eigenvalue weighted by Gasteiger charge is -2.23. The van der Waals surface area contributed by atoms with Gasteiger partial charge < -0.3 is 19.3 Å². The predicted molar refractivity (Wildman–Crippen MR) is 143 cm³/mol. The second kappa shape index (κ2) is 11.1. The summed E-state index contributed by atoms with van der Waals surface area (Å²) in [7, 11) is 2.89. The van der Waals surface area contributed by atoms with Crippen molar-refractivity contribution in [2.75, 3.05) is 25.7 Å². The molecule has 1 unspecified atom stereocenters. The average molecular weight is 553 g/mol. The topological polar surface area (TPSA) is 115 Å². The van der Waals surface area contributed by atoms with Gasteiger partial charge in [-0.25, -0.2) is 14.2 Å². The molecular formula is C28H25FN2O7S. The van der Waals surface area contributed by atoms with E-state index in [9.17, 15) is 23.9 Å². The summed E-state index contributed by atoms with van der Waals surface area (Å²) in [6.07, 6.45) is 1.42. The minimum absolute atomic E-state index is 0.0191. The molecule has 1 fully saturated rings. The molecule has 0 radical (unpaired) electrons. The van der Waals surface area contributed by atoms with Gasteiger partial charge in [0.25, 0.3) is 5.78 Å². The summed E-state index contributed by atoms with van der Waals surface area (Å²) in [6.45, 7) is 6.63. The van der Waals surface area contributed by atoms with Crippen LogP contribution in [0.2, 0.25) is 0 Å². The van der Waals surface area contributed by atoms with Crippen LogP contribution in [-0.2, 0) is 14.3 Å². The number of hydrogen-bond acceptors (Lipinski definition) is 9. The van der Waals surface area contributed by atoms with E-state index in [0.29, 0.717) is 22.6 Å². The fraction of sp³-hybridized carbons (Fsp3) is 0.214. The van der Waals surface area contributed by atoms with E-state index < -0.39 is 35.3 Å². The minimum Gasteiger partial charge on any atom is -0.507 e. The van der Waals surface area contributed by atoms with Crippen molar-refractivity contribution in [1.82, 2.24) is 4.98 Å². The van der Waals surface area contributed by atoms with Gasteiger partial charge in [-0.1, -0.05) is 42.2 Å². The molecule has 39 heavy (non-hydrogen) atoms. The quantitative estimate of drug-likeness (QED) is 0.138. The smallest absolute Gasteiger partial charge is 0.350 e. The molecule has 2 heterocycles. The highest BCUT2D eigenvalue weighted by Crippen LogP contribution is 2.45. The number of Topliss-reactive ketones (excluding diaryl/α,β-unsaturated/α-hetero) is 1. The van der Waals surface area contributed by atoms with Crippen molar-refractivity contribution >= 4 is 39.9 Å². The molecule has 1 aliphatic rings. The van der Waals surface area contributed by atoms with Crippen LogP contribution in [0.3, 0.4) is 0 Å². The Morgan fingerprint density at radius 3 is 2.51 bits per heavy atom. The van der Waals surface area contributed by atoms with Crippen molar-refractivity contribution in [3.8, 4) is 11.5 Å². The van der Waals surface area contributed by atoms with Gasteiger partial charge in [0.05, 0.1) is 31.5 Å². The Bertz CT molecular complexity index is 1530. The van der Waals surface area contributed by atoms with E-state index in [4.69, 9.17) is 14.2 Å². The van der Waals surface area contributed by atoms with Crippen LogP contribution >= 0.6 is 11.3 Å². The maximum atomic E-state index is 14.4. The molecule has 1 aliphatic heterocycles. The zero-order valence-electron chi connectivity index (χ0n) is 21.6. The van der Waals surface area contributed by atoms with Crippen LogP contribution in [-0.4, -0.2) is 48.6 Å². The van der Waals surface area contributed by atoms with Gasteiger partial charge in [-0.05, 0) is 43.2 Å². The Kier molecular flexibility index (Phi) is 7.82. The van der Waals surface area contributed by atoms with Crippen LogP contribution < -0.4 is 14.4 Å². The Morgan fingerprint density at radius 1 is 1.15 bits per heavy atom. The van der Waals surface area contributed by atoms with Crippen molar-refractivity contribution < 1.29 is 38.1 Å². The number of ether oxygens (including phenoxy) is 3. The van der Waals surface area contributed by atoms with E-state index in [-0.39, 0.29) is 33.4 Å². The summed E-state index contributed by atoms with van der Waals surface area (Å²) in [5.41, 5.74) is 0.754. The summed E-state index contributed by atoms with van der Waals surface area (Å²) >= 11 is 0.864. The number of esters is 1. The lowest BCUT2D eigenvalue weighted by Crippen LogP contribution is -2.29. The number of aliphatic hydroxyl groups is 1. The maximum Gasteiger partial charge on any atom is 0.350 e. The number of aromatic nitrogens is 1. The Morgan fingerprint density at radius 2 is 1.87 bits per heavy atom. The highest BCUT2D eigenvalue weighted by atomic mass is 32.1. The van der Waals surface area contributed by atoms with E-state index in [1.54, 1.807) is 32.0 Å². The van der Waals surface area contributed by atoms with Crippen LogP contribution in [0.15, 0.2) is 54.6 Å². The number of nitrogens with zero attached hydrogens (tertiary/aromatic N) is 2. The van der Waals surface area contributed by atoms with Crippen molar-refractivity contribution in [3.05, 3.63) is 87.7 Å². The summed E-state index contributed by atoms with van der Waals surface area (Å²) in [5, 5.41) is 11.3. The number of hydrogen-bond donors (Lipinski definition) is 1. The normalized spacial score (nSPS) is 16.3. The van der Waals surface area contributed by atoms with Gasteiger partial charge in [-0.3, -0.25) is 14.5 Å². The Balaban J connectivity index is 1.94. The van der Waals surface area contributed by atoms with Crippen LogP contribution in [0.1, 0.15) is 38.1 Å². The molecular weight excluding hydrogens is 527 g/mol. The van der Waals surface area contributed by atoms with Crippen molar-refractivity contribution in [2.45, 2.75) is 19.9 Å². The van der Waals surface area contributed by atoms with Gasteiger partial charge >= 0.3 is 11.9 Å². The molecule has 1 amide bonds. The number of halogens is 1. The SMILES string of the molecule is C=CCOC(=O)c1sc(N2C(=O)C(=O)C(=C(O)c3ccc(C)c(F)c3)C2c2ccc(OC)c(OC)c2)nc1C. The number of aliphatic hydroxyl groups excluding tert-OH is 1. The molecule has 0 spiro atoms. The molecule has 11 heteroatoms. The van der Waals surface area contributed by atoms with Gasteiger partial charge in [0, 0.05) is 5.56 Å². The molecule has 4 rings (SSSR count). The summed E-state index contributed by atoms with van der Waals surface area (Å²) in [5.74, 6) is -3.09. The van der Waals surface area contributed by atoms with Gasteiger partial charge in [0.1, 0.15) is 23.1 Å². The van der Waals surface area contributed by atoms with E-state index in [1.807, 2.05) is 0 Å². The first-order chi connectivity index (χ1) is 18.6. The number of rotatable bonds is 8. The van der Waals surface area contributed by atoms with E-state index in [1.165, 1.54) is 32.4 Å². The number of aryl methyl sites for hydroxylation is 2. The molecule has 2 aromatic carbocycles. The highest BCUT2D eigenvalue weighted by molar-refractivity contribution is 7.17. The second-order valence-corrected chi connectivity index (χ2v) is 9.52. The number of ketones is 1. The predicted octanol–water partition coefficient (Wildman–Crippen LogP) is 4.89. The van der Waals surface area contributed by atoms with Crippen molar-refractivity contribution in [3.63, 3.8) is 0 Å². The molecule has 0 saturated carbocycles. The number of thiazole rings is 1. The molecule has 1 saturated heterocycles. The molecule has 1 aromatic heterocycles. The summed E-state index contributed by atoms with van der Waals surface area (Å²) in [6, 6.07) is 7.57. The first kappa shape index (κ1) is 27.5. The van der Waals surface area contributed by atoms with E-state index in [2.05, 4.69) is 11.6 Å². The summed E-state index contributed by atoms with van der Waals surface area (Å²) < 4.78 is 30.2. The van der Waals surface area contributed by atoms with Crippen LogP contribution in [0, 0.1) is 19.7 Å². The van der Waals surface area contributed by atoms with E-state index >= 15 is 0 Å². The number of methoxy groups -OCH3 is 2. The van der Waals surface area contributed by atoms with Gasteiger partial charge in [0.2, 0.25) is 0 Å². The first-order valence-corrected chi connectivity index (χ1v) is 12.5. The molecule has 1 N–H and O–H groups in total. The zero-order chi connectivity index (χ0) is 28.4. The molecule has 202 valence electrons. The van der Waals surface area contributed by atoms with Crippen LogP contribution in [0.4, 0.5) is 9.52 Å². The fourth-order valence-electron chi connectivity index (χ4n) is 4.14. The average Bonchev–Trinajstić information content (AvgIpc) is 3.44. The van der Waals surface area contributed by atoms with Gasteiger partial charge in [-0.15, -0.1) is 0 Å². The Hall–Kier alpha value is -4.51. The largest absolute Gasteiger partial charge is 0.507 e. The first-order valence-electron chi connectivity index (χ1n) is 11.7. The number of amides is 1. The van der Waals surface area contributed by atoms with Crippen molar-refractivity contribution in [2.24, 2.45) is 0 Å². The summed E-state index contributed by atoms with van der Waals surface area (Å²) in [4.78, 5) is 45.0. The number of anilines is 1. The van der Waals surface area contributed by atoms with Crippen LogP contribution in [0.5, 0.6) is 11.5 Å². The lowest BCUT2D eigenvalue weighted by atomic mass is 9.94. The molecule has 9 nitrogen and oxygen atoms in total. The Labute approximate surface area is 227 Å². The molecule has 0 bridgehead atoms. The molecule has 1 atom stereocenters. The van der Waals surface area contributed by atoms with E-state index in [0.717, 1.165) is 22.3 Å².